The average Bonchev–Trinajstić information content (AvgIpc) is 2.90. The molecule has 0 spiro atoms. The topological polar surface area (TPSA) is 57.4 Å². The van der Waals surface area contributed by atoms with Crippen molar-refractivity contribution in [3.63, 3.8) is 0 Å². The van der Waals surface area contributed by atoms with Gasteiger partial charge in [-0.1, -0.05) is 18.2 Å². The fourth-order valence-corrected chi connectivity index (χ4v) is 2.17. The molecule has 1 aliphatic rings. The van der Waals surface area contributed by atoms with Crippen molar-refractivity contribution in [3.05, 3.63) is 48.5 Å². The lowest BCUT2D eigenvalue weighted by Crippen LogP contribution is -2.41. The molecule has 2 aromatic rings. The molecule has 0 bridgehead atoms. The molecule has 0 aromatic heterocycles. The summed E-state index contributed by atoms with van der Waals surface area (Å²) in [4.78, 5) is 0. The van der Waals surface area contributed by atoms with Gasteiger partial charge in [0.1, 0.15) is 5.75 Å². The molecule has 1 heterocycles. The van der Waals surface area contributed by atoms with Crippen LogP contribution in [0.1, 0.15) is 0 Å². The third-order valence-corrected chi connectivity index (χ3v) is 3.20. The molecular weight excluding hydrogens is 252 g/mol. The molecule has 0 amide bonds. The highest BCUT2D eigenvalue weighted by molar-refractivity contribution is 5.73. The van der Waals surface area contributed by atoms with E-state index in [2.05, 4.69) is 33.4 Å². The van der Waals surface area contributed by atoms with Gasteiger partial charge in [-0.3, -0.25) is 5.32 Å². The minimum Gasteiger partial charge on any atom is -0.497 e. The van der Waals surface area contributed by atoms with Crippen molar-refractivity contribution in [2.24, 2.45) is 0 Å². The van der Waals surface area contributed by atoms with Gasteiger partial charge in [0, 0.05) is 11.8 Å². The molecular formula is C15H18N4O. The Kier molecular flexibility index (Phi) is 3.60. The average molecular weight is 270 g/mol. The predicted molar refractivity (Wildman–Crippen MR) is 82.1 cm³/mol. The van der Waals surface area contributed by atoms with Crippen LogP contribution in [0.15, 0.2) is 48.5 Å². The first-order valence-corrected chi connectivity index (χ1v) is 6.58. The van der Waals surface area contributed by atoms with Crippen LogP contribution in [0, 0.1) is 0 Å². The van der Waals surface area contributed by atoms with Crippen LogP contribution in [0.4, 0.5) is 17.1 Å². The fourth-order valence-electron chi connectivity index (χ4n) is 2.17. The highest BCUT2D eigenvalue weighted by Crippen LogP contribution is 2.26. The first-order valence-electron chi connectivity index (χ1n) is 6.58. The molecule has 0 saturated heterocycles. The molecule has 5 nitrogen and oxygen atoms in total. The maximum atomic E-state index is 5.19. The summed E-state index contributed by atoms with van der Waals surface area (Å²) in [5, 5.41) is 13.4. The Hall–Kier alpha value is -2.40. The molecule has 104 valence electrons. The van der Waals surface area contributed by atoms with Gasteiger partial charge in [-0.25, -0.2) is 0 Å². The van der Waals surface area contributed by atoms with Crippen molar-refractivity contribution in [1.82, 2.24) is 5.32 Å². The van der Waals surface area contributed by atoms with Gasteiger partial charge in [-0.2, -0.15) is 0 Å². The van der Waals surface area contributed by atoms with E-state index in [4.69, 9.17) is 4.74 Å². The SMILES string of the molecule is COc1cccc(NCNC2Nc3ccccc3N2)c1. The monoisotopic (exact) mass is 270 g/mol. The molecule has 0 unspecified atom stereocenters. The third-order valence-electron chi connectivity index (χ3n) is 3.20. The number of nitrogens with one attached hydrogen (secondary N) is 4. The van der Waals surface area contributed by atoms with Crippen LogP contribution in [-0.2, 0) is 0 Å². The Balaban J connectivity index is 1.49. The summed E-state index contributed by atoms with van der Waals surface area (Å²) in [7, 11) is 1.67. The molecule has 2 aromatic carbocycles. The molecule has 0 atom stereocenters. The lowest BCUT2D eigenvalue weighted by molar-refractivity contribution is 0.415. The van der Waals surface area contributed by atoms with Gasteiger partial charge in [0.2, 0.25) is 0 Å². The third kappa shape index (κ3) is 2.78. The summed E-state index contributed by atoms with van der Waals surface area (Å²) in [6, 6.07) is 16.0. The Labute approximate surface area is 118 Å². The smallest absolute Gasteiger partial charge is 0.154 e. The van der Waals surface area contributed by atoms with Crippen LogP contribution in [-0.4, -0.2) is 20.1 Å². The second-order valence-corrected chi connectivity index (χ2v) is 4.56. The maximum absolute atomic E-state index is 5.19. The summed E-state index contributed by atoms with van der Waals surface area (Å²) < 4.78 is 5.19. The van der Waals surface area contributed by atoms with Gasteiger partial charge in [0.25, 0.3) is 0 Å². The van der Waals surface area contributed by atoms with E-state index >= 15 is 0 Å². The summed E-state index contributed by atoms with van der Waals surface area (Å²) in [6.07, 6.45) is 0.0329. The van der Waals surface area contributed by atoms with Crippen LogP contribution in [0.5, 0.6) is 5.75 Å². The molecule has 0 aliphatic carbocycles. The zero-order valence-corrected chi connectivity index (χ0v) is 11.3. The Morgan fingerprint density at radius 1 is 1.05 bits per heavy atom. The van der Waals surface area contributed by atoms with Gasteiger partial charge in [0.05, 0.1) is 25.2 Å². The van der Waals surface area contributed by atoms with Crippen molar-refractivity contribution in [1.29, 1.82) is 0 Å². The first-order chi connectivity index (χ1) is 9.85. The minimum absolute atomic E-state index is 0.0329. The molecule has 3 rings (SSSR count). The van der Waals surface area contributed by atoms with Crippen molar-refractivity contribution in [2.45, 2.75) is 6.29 Å². The van der Waals surface area contributed by atoms with E-state index < -0.39 is 0 Å². The Morgan fingerprint density at radius 3 is 2.50 bits per heavy atom. The van der Waals surface area contributed by atoms with Gasteiger partial charge in [-0.05, 0) is 24.3 Å². The molecule has 0 radical (unpaired) electrons. The fraction of sp³-hybridized carbons (Fsp3) is 0.200. The molecule has 0 saturated carbocycles. The molecule has 20 heavy (non-hydrogen) atoms. The summed E-state index contributed by atoms with van der Waals surface area (Å²) in [6.45, 7) is 0.645. The van der Waals surface area contributed by atoms with E-state index in [1.807, 2.05) is 36.4 Å². The van der Waals surface area contributed by atoms with Gasteiger partial charge < -0.3 is 20.7 Å². The van der Waals surface area contributed by atoms with Crippen molar-refractivity contribution >= 4 is 17.1 Å². The van der Waals surface area contributed by atoms with Gasteiger partial charge in [-0.15, -0.1) is 0 Å². The number of methoxy groups -OCH3 is 1. The number of hydrogen-bond donors (Lipinski definition) is 4. The standard InChI is InChI=1S/C15H18N4O/c1-20-12-6-4-5-11(9-12)16-10-17-15-18-13-7-2-3-8-14(13)19-15/h2-9,15-19H,10H2,1H3. The molecule has 5 heteroatoms. The van der Waals surface area contributed by atoms with Crippen molar-refractivity contribution in [3.8, 4) is 5.75 Å². The largest absolute Gasteiger partial charge is 0.497 e. The lowest BCUT2D eigenvalue weighted by atomic mass is 10.3. The van der Waals surface area contributed by atoms with E-state index in [0.717, 1.165) is 22.8 Å². The number of hydrogen-bond acceptors (Lipinski definition) is 5. The van der Waals surface area contributed by atoms with E-state index in [1.54, 1.807) is 7.11 Å². The number of para-hydroxylation sites is 2. The highest BCUT2D eigenvalue weighted by atomic mass is 16.5. The first kappa shape index (κ1) is 12.6. The zero-order chi connectivity index (χ0) is 13.8. The van der Waals surface area contributed by atoms with E-state index in [0.29, 0.717) is 6.67 Å². The highest BCUT2D eigenvalue weighted by Gasteiger charge is 2.17. The quantitative estimate of drug-likeness (QED) is 0.629. The lowest BCUT2D eigenvalue weighted by Gasteiger charge is -2.16. The van der Waals surface area contributed by atoms with E-state index in [1.165, 1.54) is 0 Å². The normalized spacial score (nSPS) is 13.2. The Bertz CT molecular complexity index is 563. The van der Waals surface area contributed by atoms with Crippen LogP contribution in [0.2, 0.25) is 0 Å². The van der Waals surface area contributed by atoms with E-state index in [-0.39, 0.29) is 6.29 Å². The number of fused-ring (bicyclic) bond motifs is 1. The minimum atomic E-state index is 0.0329. The van der Waals surface area contributed by atoms with Crippen molar-refractivity contribution in [2.75, 3.05) is 29.7 Å². The Morgan fingerprint density at radius 2 is 1.80 bits per heavy atom. The van der Waals surface area contributed by atoms with Crippen LogP contribution >= 0.6 is 0 Å². The summed E-state index contributed by atoms with van der Waals surface area (Å²) in [5.41, 5.74) is 3.25. The predicted octanol–water partition coefficient (Wildman–Crippen LogP) is 2.48. The summed E-state index contributed by atoms with van der Waals surface area (Å²) in [5.74, 6) is 0.847. The zero-order valence-electron chi connectivity index (χ0n) is 11.3. The van der Waals surface area contributed by atoms with Gasteiger partial charge in [0.15, 0.2) is 6.29 Å². The number of benzene rings is 2. The maximum Gasteiger partial charge on any atom is 0.154 e. The van der Waals surface area contributed by atoms with E-state index in [9.17, 15) is 0 Å². The number of anilines is 3. The van der Waals surface area contributed by atoms with Crippen LogP contribution < -0.4 is 26.0 Å². The number of rotatable bonds is 5. The molecule has 1 aliphatic heterocycles. The molecule has 0 fully saturated rings. The number of ether oxygens (including phenoxy) is 1. The van der Waals surface area contributed by atoms with Crippen LogP contribution in [0.25, 0.3) is 0 Å². The van der Waals surface area contributed by atoms with Crippen molar-refractivity contribution < 1.29 is 4.74 Å². The second kappa shape index (κ2) is 5.71. The summed E-state index contributed by atoms with van der Waals surface area (Å²) >= 11 is 0. The second-order valence-electron chi connectivity index (χ2n) is 4.56. The van der Waals surface area contributed by atoms with Crippen LogP contribution in [0.3, 0.4) is 0 Å². The van der Waals surface area contributed by atoms with Gasteiger partial charge >= 0.3 is 0 Å². The molecule has 4 N–H and O–H groups in total.